The van der Waals surface area contributed by atoms with E-state index in [1.807, 2.05) is 45.8 Å². The van der Waals surface area contributed by atoms with E-state index in [9.17, 15) is 8.60 Å². The first-order valence-electron chi connectivity index (χ1n) is 6.57. The standard InChI is InChI=1S/C14H30FNO2S/c1-13(2,3)12(11-15)18-10-9-16(14(4,5)6)19(7,8)17/h12H,7,9-11H2,1-6,8H3. The maximum absolute atomic E-state index is 12.9. The van der Waals surface area contributed by atoms with Crippen LogP contribution in [-0.4, -0.2) is 52.1 Å². The maximum Gasteiger partial charge on any atom is 0.116 e. The Bertz CT molecular complexity index is 366. The molecule has 0 bridgehead atoms. The molecule has 0 saturated carbocycles. The van der Waals surface area contributed by atoms with Crippen LogP contribution in [0.2, 0.25) is 0 Å². The van der Waals surface area contributed by atoms with Gasteiger partial charge in [-0.2, -0.15) is 0 Å². The summed E-state index contributed by atoms with van der Waals surface area (Å²) in [6.45, 7) is 12.1. The Hall–Kier alpha value is -0.130. The van der Waals surface area contributed by atoms with Gasteiger partial charge in [-0.15, -0.1) is 0 Å². The third kappa shape index (κ3) is 6.72. The van der Waals surface area contributed by atoms with Gasteiger partial charge in [0.15, 0.2) is 0 Å². The van der Waals surface area contributed by atoms with Crippen molar-refractivity contribution in [3.8, 4) is 0 Å². The van der Waals surface area contributed by atoms with E-state index in [0.717, 1.165) is 0 Å². The molecule has 2 atom stereocenters. The average molecular weight is 295 g/mol. The predicted molar refractivity (Wildman–Crippen MR) is 82.8 cm³/mol. The van der Waals surface area contributed by atoms with E-state index in [4.69, 9.17) is 4.74 Å². The molecule has 19 heavy (non-hydrogen) atoms. The zero-order chi connectivity index (χ0) is 15.5. The van der Waals surface area contributed by atoms with Crippen molar-refractivity contribution in [2.45, 2.75) is 53.2 Å². The van der Waals surface area contributed by atoms with Crippen molar-refractivity contribution < 1.29 is 13.3 Å². The van der Waals surface area contributed by atoms with Gasteiger partial charge in [0.2, 0.25) is 0 Å². The fraction of sp³-hybridized carbons (Fsp3) is 0.929. The van der Waals surface area contributed by atoms with Crippen LogP contribution < -0.4 is 0 Å². The molecule has 0 aliphatic rings. The molecule has 0 saturated heterocycles. The quantitative estimate of drug-likeness (QED) is 0.705. The van der Waals surface area contributed by atoms with Crippen molar-refractivity contribution in [2.75, 3.05) is 26.1 Å². The minimum atomic E-state index is -2.30. The van der Waals surface area contributed by atoms with Gasteiger partial charge in [0.1, 0.15) is 6.67 Å². The second-order valence-corrected chi connectivity index (χ2v) is 9.47. The topological polar surface area (TPSA) is 29.5 Å². The molecule has 0 spiro atoms. The lowest BCUT2D eigenvalue weighted by Gasteiger charge is -2.37. The summed E-state index contributed by atoms with van der Waals surface area (Å²) in [5, 5.41) is 0. The largest absolute Gasteiger partial charge is 0.374 e. The first-order chi connectivity index (χ1) is 8.30. The zero-order valence-corrected chi connectivity index (χ0v) is 14.3. The van der Waals surface area contributed by atoms with Gasteiger partial charge < -0.3 is 4.74 Å². The van der Waals surface area contributed by atoms with Gasteiger partial charge in [-0.3, -0.25) is 4.21 Å². The van der Waals surface area contributed by atoms with Crippen LogP contribution in [0.4, 0.5) is 4.39 Å². The van der Waals surface area contributed by atoms with E-state index in [2.05, 4.69) is 5.87 Å². The fourth-order valence-corrected chi connectivity index (χ4v) is 3.53. The van der Waals surface area contributed by atoms with Crippen LogP contribution in [-0.2, 0) is 14.4 Å². The molecule has 0 aliphatic heterocycles. The van der Waals surface area contributed by atoms with Crippen molar-refractivity contribution in [3.63, 3.8) is 0 Å². The van der Waals surface area contributed by atoms with Crippen molar-refractivity contribution in [1.29, 1.82) is 0 Å². The number of alkyl halides is 1. The van der Waals surface area contributed by atoms with Gasteiger partial charge >= 0.3 is 0 Å². The summed E-state index contributed by atoms with van der Waals surface area (Å²) < 4.78 is 32.5. The molecule has 0 heterocycles. The Morgan fingerprint density at radius 2 is 1.74 bits per heavy atom. The van der Waals surface area contributed by atoms with E-state index in [1.165, 1.54) is 0 Å². The minimum absolute atomic E-state index is 0.237. The second-order valence-electron chi connectivity index (χ2n) is 7.11. The molecule has 0 aromatic carbocycles. The summed E-state index contributed by atoms with van der Waals surface area (Å²) in [5.74, 6) is 3.73. The van der Waals surface area contributed by atoms with Crippen LogP contribution >= 0.6 is 0 Å². The normalized spacial score (nSPS) is 18.4. The van der Waals surface area contributed by atoms with E-state index in [-0.39, 0.29) is 11.0 Å². The van der Waals surface area contributed by atoms with Gasteiger partial charge in [0, 0.05) is 28.0 Å². The first kappa shape index (κ1) is 18.9. The lowest BCUT2D eigenvalue weighted by molar-refractivity contribution is -0.0366. The summed E-state index contributed by atoms with van der Waals surface area (Å²) >= 11 is 0. The fourth-order valence-electron chi connectivity index (χ4n) is 1.91. The number of hydrogen-bond acceptors (Lipinski definition) is 2. The molecule has 0 amide bonds. The third-order valence-corrected chi connectivity index (χ3v) is 4.60. The van der Waals surface area contributed by atoms with Crippen molar-refractivity contribution in [1.82, 2.24) is 4.31 Å². The predicted octanol–water partition coefficient (Wildman–Crippen LogP) is 2.75. The highest BCUT2D eigenvalue weighted by Crippen LogP contribution is 2.23. The molecule has 5 heteroatoms. The van der Waals surface area contributed by atoms with Crippen molar-refractivity contribution >= 4 is 15.6 Å². The molecule has 0 N–H and O–H groups in total. The maximum atomic E-state index is 12.9. The number of halogens is 1. The van der Waals surface area contributed by atoms with Crippen LogP contribution in [0.25, 0.3) is 0 Å². The summed E-state index contributed by atoms with van der Waals surface area (Å²) in [6, 6.07) is 0. The molecular formula is C14H30FNO2S. The molecule has 116 valence electrons. The third-order valence-electron chi connectivity index (χ3n) is 2.93. The molecular weight excluding hydrogens is 265 g/mol. The van der Waals surface area contributed by atoms with E-state index in [1.54, 1.807) is 6.26 Å². The van der Waals surface area contributed by atoms with Gasteiger partial charge in [-0.05, 0) is 32.1 Å². The van der Waals surface area contributed by atoms with Gasteiger partial charge in [-0.1, -0.05) is 20.8 Å². The number of hydrogen-bond donors (Lipinski definition) is 0. The van der Waals surface area contributed by atoms with Crippen LogP contribution in [0.3, 0.4) is 0 Å². The highest BCUT2D eigenvalue weighted by molar-refractivity contribution is 7.97. The van der Waals surface area contributed by atoms with Crippen LogP contribution in [0.5, 0.6) is 0 Å². The second kappa shape index (κ2) is 6.55. The monoisotopic (exact) mass is 295 g/mol. The Kier molecular flexibility index (Phi) is 6.50. The Labute approximate surface area is 118 Å². The first-order valence-corrected chi connectivity index (χ1v) is 8.67. The van der Waals surface area contributed by atoms with E-state index < -0.39 is 22.5 Å². The summed E-state index contributed by atoms with van der Waals surface area (Å²) in [7, 11) is -2.30. The Balaban J connectivity index is 4.61. The molecule has 0 radical (unpaired) electrons. The van der Waals surface area contributed by atoms with Gasteiger partial charge in [-0.25, -0.2) is 8.70 Å². The minimum Gasteiger partial charge on any atom is -0.374 e. The van der Waals surface area contributed by atoms with Gasteiger partial charge in [0.05, 0.1) is 12.7 Å². The van der Waals surface area contributed by atoms with Crippen molar-refractivity contribution in [2.24, 2.45) is 5.41 Å². The molecule has 3 nitrogen and oxygen atoms in total. The molecule has 0 aromatic heterocycles. The lowest BCUT2D eigenvalue weighted by atomic mass is 9.90. The number of nitrogens with zero attached hydrogens (tertiary/aromatic N) is 1. The SMILES string of the molecule is C=S(C)(=O)N(CCOC(CF)C(C)(C)C)C(C)(C)C. The van der Waals surface area contributed by atoms with Gasteiger partial charge in [0.25, 0.3) is 0 Å². The summed E-state index contributed by atoms with van der Waals surface area (Å²) in [5.41, 5.74) is -0.497. The van der Waals surface area contributed by atoms with Crippen molar-refractivity contribution in [3.05, 3.63) is 0 Å². The molecule has 0 fully saturated rings. The highest BCUT2D eigenvalue weighted by atomic mass is 32.2. The number of ether oxygens (including phenoxy) is 1. The van der Waals surface area contributed by atoms with E-state index >= 15 is 0 Å². The average Bonchev–Trinajstić information content (AvgIpc) is 2.11. The smallest absolute Gasteiger partial charge is 0.116 e. The summed E-state index contributed by atoms with van der Waals surface area (Å²) in [6.07, 6.45) is 1.18. The van der Waals surface area contributed by atoms with Crippen LogP contribution in [0.1, 0.15) is 41.5 Å². The van der Waals surface area contributed by atoms with E-state index in [0.29, 0.717) is 13.2 Å². The number of rotatable bonds is 6. The Morgan fingerprint density at radius 3 is 2.00 bits per heavy atom. The molecule has 0 rings (SSSR count). The highest BCUT2D eigenvalue weighted by Gasteiger charge is 2.28. The lowest BCUT2D eigenvalue weighted by Crippen LogP contribution is -2.47. The zero-order valence-electron chi connectivity index (χ0n) is 13.5. The summed E-state index contributed by atoms with van der Waals surface area (Å²) in [4.78, 5) is 0. The Morgan fingerprint density at radius 1 is 1.26 bits per heavy atom. The molecule has 0 aromatic rings. The molecule has 0 aliphatic carbocycles. The molecule has 2 unspecified atom stereocenters. The van der Waals surface area contributed by atoms with Crippen LogP contribution in [0, 0.1) is 5.41 Å². The van der Waals surface area contributed by atoms with Crippen LogP contribution in [0.15, 0.2) is 0 Å².